The first-order valence-electron chi connectivity index (χ1n) is 8.05. The highest BCUT2D eigenvalue weighted by Gasteiger charge is 2.16. The zero-order valence-electron chi connectivity index (χ0n) is 14.4. The Hall–Kier alpha value is -2.42. The van der Waals surface area contributed by atoms with Gasteiger partial charge in [0.15, 0.2) is 5.16 Å². The van der Waals surface area contributed by atoms with E-state index in [-0.39, 0.29) is 11.2 Å². The number of para-hydroxylation sites is 1. The SMILES string of the molecule is COCCn1c(SCc2ccccc2[N+](=O)[O-])nc2cc(Cl)ccc2c1=O. The van der Waals surface area contributed by atoms with Gasteiger partial charge in [-0.15, -0.1) is 0 Å². The first kappa shape index (κ1) is 19.3. The molecule has 0 aliphatic carbocycles. The lowest BCUT2D eigenvalue weighted by Crippen LogP contribution is -2.25. The van der Waals surface area contributed by atoms with Crippen molar-refractivity contribution in [3.63, 3.8) is 0 Å². The molecule has 9 heteroatoms. The van der Waals surface area contributed by atoms with Gasteiger partial charge in [-0.05, 0) is 18.2 Å². The van der Waals surface area contributed by atoms with Gasteiger partial charge in [-0.3, -0.25) is 19.5 Å². The van der Waals surface area contributed by atoms with E-state index >= 15 is 0 Å². The van der Waals surface area contributed by atoms with Crippen molar-refractivity contribution < 1.29 is 9.66 Å². The maximum absolute atomic E-state index is 12.9. The number of fused-ring (bicyclic) bond motifs is 1. The molecule has 1 heterocycles. The molecule has 140 valence electrons. The van der Waals surface area contributed by atoms with Crippen molar-refractivity contribution in [1.29, 1.82) is 0 Å². The van der Waals surface area contributed by atoms with Crippen LogP contribution in [0.1, 0.15) is 5.56 Å². The van der Waals surface area contributed by atoms with Gasteiger partial charge in [0.05, 0.1) is 29.0 Å². The van der Waals surface area contributed by atoms with Crippen LogP contribution in [0.25, 0.3) is 10.9 Å². The number of aromatic nitrogens is 2. The number of halogens is 1. The van der Waals surface area contributed by atoms with E-state index in [0.29, 0.717) is 45.5 Å². The van der Waals surface area contributed by atoms with Gasteiger partial charge >= 0.3 is 0 Å². The number of thioether (sulfide) groups is 1. The van der Waals surface area contributed by atoms with Crippen LogP contribution in [0.15, 0.2) is 52.4 Å². The predicted molar refractivity (Wildman–Crippen MR) is 106 cm³/mol. The minimum atomic E-state index is -0.415. The quantitative estimate of drug-likeness (QED) is 0.256. The standard InChI is InChI=1S/C18H16ClN3O4S/c1-26-9-8-21-17(23)14-7-6-13(19)10-15(14)20-18(21)27-11-12-4-2-3-5-16(12)22(24)25/h2-7,10H,8-9,11H2,1H3. The highest BCUT2D eigenvalue weighted by molar-refractivity contribution is 7.98. The predicted octanol–water partition coefficient (Wildman–Crippen LogP) is 3.90. The molecule has 0 atom stereocenters. The minimum absolute atomic E-state index is 0.0413. The third-order valence-electron chi connectivity index (χ3n) is 3.95. The Morgan fingerprint density at radius 3 is 2.81 bits per heavy atom. The number of nitro benzene ring substituents is 1. The normalized spacial score (nSPS) is 11.0. The summed E-state index contributed by atoms with van der Waals surface area (Å²) in [7, 11) is 1.55. The van der Waals surface area contributed by atoms with E-state index in [9.17, 15) is 14.9 Å². The van der Waals surface area contributed by atoms with Crippen LogP contribution in [0.2, 0.25) is 5.02 Å². The molecule has 2 aromatic carbocycles. The number of nitro groups is 1. The van der Waals surface area contributed by atoms with Crippen molar-refractivity contribution in [2.24, 2.45) is 0 Å². The Morgan fingerprint density at radius 1 is 1.30 bits per heavy atom. The third kappa shape index (κ3) is 4.29. The molecule has 0 saturated heterocycles. The van der Waals surface area contributed by atoms with E-state index in [4.69, 9.17) is 16.3 Å². The Kier molecular flexibility index (Phi) is 6.10. The summed E-state index contributed by atoms with van der Waals surface area (Å²) in [4.78, 5) is 28.2. The first-order chi connectivity index (χ1) is 13.0. The highest BCUT2D eigenvalue weighted by atomic mass is 35.5. The highest BCUT2D eigenvalue weighted by Crippen LogP contribution is 2.27. The number of rotatable bonds is 7. The second kappa shape index (κ2) is 8.51. The third-order valence-corrected chi connectivity index (χ3v) is 5.21. The lowest BCUT2D eigenvalue weighted by Gasteiger charge is -2.13. The fourth-order valence-corrected chi connectivity index (χ4v) is 3.81. The van der Waals surface area contributed by atoms with Gasteiger partial charge in [0.2, 0.25) is 0 Å². The fraction of sp³-hybridized carbons (Fsp3) is 0.222. The average Bonchev–Trinajstić information content (AvgIpc) is 2.65. The monoisotopic (exact) mass is 405 g/mol. The van der Waals surface area contributed by atoms with Crippen molar-refractivity contribution in [2.75, 3.05) is 13.7 Å². The molecule has 0 spiro atoms. The van der Waals surface area contributed by atoms with Crippen molar-refractivity contribution in [3.8, 4) is 0 Å². The second-order valence-corrected chi connectivity index (χ2v) is 7.06. The van der Waals surface area contributed by atoms with E-state index in [2.05, 4.69) is 4.98 Å². The zero-order chi connectivity index (χ0) is 19.4. The summed E-state index contributed by atoms with van der Waals surface area (Å²) < 4.78 is 6.62. The molecule has 3 aromatic rings. The van der Waals surface area contributed by atoms with E-state index in [1.165, 1.54) is 22.4 Å². The number of benzene rings is 2. The molecule has 0 fully saturated rings. The molecule has 0 radical (unpaired) electrons. The van der Waals surface area contributed by atoms with Crippen LogP contribution in [0.3, 0.4) is 0 Å². The van der Waals surface area contributed by atoms with E-state index < -0.39 is 4.92 Å². The van der Waals surface area contributed by atoms with Crippen LogP contribution in [-0.2, 0) is 17.0 Å². The van der Waals surface area contributed by atoms with Crippen LogP contribution in [0, 0.1) is 10.1 Å². The first-order valence-corrected chi connectivity index (χ1v) is 9.41. The lowest BCUT2D eigenvalue weighted by molar-refractivity contribution is -0.385. The van der Waals surface area contributed by atoms with E-state index in [1.54, 1.807) is 43.5 Å². The van der Waals surface area contributed by atoms with Gasteiger partial charge in [0, 0.05) is 29.5 Å². The van der Waals surface area contributed by atoms with Crippen molar-refractivity contribution in [1.82, 2.24) is 9.55 Å². The second-order valence-electron chi connectivity index (χ2n) is 5.68. The molecule has 0 aliphatic heterocycles. The molecule has 0 bridgehead atoms. The molecule has 7 nitrogen and oxygen atoms in total. The Bertz CT molecular complexity index is 1050. The van der Waals surface area contributed by atoms with Crippen LogP contribution >= 0.6 is 23.4 Å². The largest absolute Gasteiger partial charge is 0.383 e. The van der Waals surface area contributed by atoms with Gasteiger partial charge in [-0.1, -0.05) is 41.6 Å². The smallest absolute Gasteiger partial charge is 0.273 e. The number of nitrogens with zero attached hydrogens (tertiary/aromatic N) is 3. The fourth-order valence-electron chi connectivity index (χ4n) is 2.62. The van der Waals surface area contributed by atoms with Crippen molar-refractivity contribution in [2.45, 2.75) is 17.5 Å². The van der Waals surface area contributed by atoms with Gasteiger partial charge < -0.3 is 4.74 Å². The van der Waals surface area contributed by atoms with Gasteiger partial charge in [0.25, 0.3) is 11.2 Å². The maximum Gasteiger partial charge on any atom is 0.273 e. The average molecular weight is 406 g/mol. The topological polar surface area (TPSA) is 87.3 Å². The molecule has 0 aliphatic rings. The lowest BCUT2D eigenvalue weighted by atomic mass is 10.2. The molecular formula is C18H16ClN3O4S. The molecule has 1 aromatic heterocycles. The summed E-state index contributed by atoms with van der Waals surface area (Å²) in [6, 6.07) is 11.4. The van der Waals surface area contributed by atoms with Crippen molar-refractivity contribution >= 4 is 40.0 Å². The number of hydrogen-bond acceptors (Lipinski definition) is 6. The number of ether oxygens (including phenoxy) is 1. The molecule has 27 heavy (non-hydrogen) atoms. The Balaban J connectivity index is 2.02. The molecular weight excluding hydrogens is 390 g/mol. The summed E-state index contributed by atoms with van der Waals surface area (Å²) in [5, 5.41) is 12.6. The van der Waals surface area contributed by atoms with Crippen LogP contribution in [0.5, 0.6) is 0 Å². The Morgan fingerprint density at radius 2 is 2.07 bits per heavy atom. The zero-order valence-corrected chi connectivity index (χ0v) is 16.0. The van der Waals surface area contributed by atoms with E-state index in [0.717, 1.165) is 0 Å². The summed E-state index contributed by atoms with van der Waals surface area (Å²) in [5.41, 5.74) is 0.899. The number of hydrogen-bond donors (Lipinski definition) is 0. The van der Waals surface area contributed by atoms with Crippen LogP contribution < -0.4 is 5.56 Å². The van der Waals surface area contributed by atoms with Crippen LogP contribution in [-0.4, -0.2) is 28.2 Å². The molecule has 3 rings (SSSR count). The van der Waals surface area contributed by atoms with E-state index in [1.807, 2.05) is 0 Å². The summed E-state index contributed by atoms with van der Waals surface area (Å²) in [6.07, 6.45) is 0. The minimum Gasteiger partial charge on any atom is -0.383 e. The molecule has 0 saturated carbocycles. The van der Waals surface area contributed by atoms with Crippen LogP contribution in [0.4, 0.5) is 5.69 Å². The summed E-state index contributed by atoms with van der Waals surface area (Å²) >= 11 is 7.29. The molecule has 0 amide bonds. The number of methoxy groups -OCH3 is 1. The molecule has 0 unspecified atom stereocenters. The van der Waals surface area contributed by atoms with Gasteiger partial charge in [-0.25, -0.2) is 4.98 Å². The summed E-state index contributed by atoms with van der Waals surface area (Å²) in [5.74, 6) is 0.308. The molecule has 0 N–H and O–H groups in total. The Labute approximate surface area is 164 Å². The van der Waals surface area contributed by atoms with Gasteiger partial charge in [-0.2, -0.15) is 0 Å². The maximum atomic E-state index is 12.9. The van der Waals surface area contributed by atoms with Crippen molar-refractivity contribution in [3.05, 3.63) is 73.5 Å². The summed E-state index contributed by atoms with van der Waals surface area (Å²) in [6.45, 7) is 0.680. The van der Waals surface area contributed by atoms with Gasteiger partial charge in [0.1, 0.15) is 0 Å².